The Morgan fingerprint density at radius 2 is 2.16 bits per heavy atom. The van der Waals surface area contributed by atoms with Gasteiger partial charge in [0.1, 0.15) is 16.4 Å². The summed E-state index contributed by atoms with van der Waals surface area (Å²) in [6, 6.07) is 1.53. The quantitative estimate of drug-likeness (QED) is 0.765. The second kappa shape index (κ2) is 7.33. The summed E-state index contributed by atoms with van der Waals surface area (Å²) in [5, 5.41) is 2.94. The Morgan fingerprint density at radius 3 is 2.68 bits per heavy atom. The van der Waals surface area contributed by atoms with Crippen molar-refractivity contribution in [2.45, 2.75) is 37.8 Å². The largest absolute Gasteiger partial charge is 0.464 e. The normalized spacial score (nSPS) is 13.7. The first kappa shape index (κ1) is 16.6. The maximum absolute atomic E-state index is 12.3. The van der Waals surface area contributed by atoms with Gasteiger partial charge >= 0.3 is 0 Å². The monoisotopic (exact) mass is 306 g/mol. The first-order valence-corrected chi connectivity index (χ1v) is 9.07. The van der Waals surface area contributed by atoms with Crippen molar-refractivity contribution in [3.63, 3.8) is 0 Å². The van der Waals surface area contributed by atoms with E-state index in [1.165, 1.54) is 0 Å². The minimum absolute atomic E-state index is 0.0537. The predicted octanol–water partition coefficient (Wildman–Crippen LogP) is 1.73. The molecule has 0 aromatic carbocycles. The van der Waals surface area contributed by atoms with E-state index in [1.54, 1.807) is 31.8 Å². The Bertz CT molecular complexity index is 497. The molecule has 0 amide bonds. The van der Waals surface area contributed by atoms with E-state index in [9.17, 15) is 8.42 Å². The maximum Gasteiger partial charge on any atom is 0.244 e. The zero-order valence-electron chi connectivity index (χ0n) is 11.8. The van der Waals surface area contributed by atoms with Crippen LogP contribution in [0.3, 0.4) is 0 Å². The number of sulfonamides is 1. The third kappa shape index (κ3) is 4.52. The zero-order valence-corrected chi connectivity index (χ0v) is 13.5. The molecule has 2 N–H and O–H groups in total. The summed E-state index contributed by atoms with van der Waals surface area (Å²) < 4.78 is 32.8. The Morgan fingerprint density at radius 1 is 1.47 bits per heavy atom. The van der Waals surface area contributed by atoms with Gasteiger partial charge in [-0.1, -0.05) is 6.92 Å². The van der Waals surface area contributed by atoms with Crippen molar-refractivity contribution in [3.8, 4) is 0 Å². The van der Waals surface area contributed by atoms with Crippen LogP contribution in [0.1, 0.15) is 24.9 Å². The summed E-state index contributed by atoms with van der Waals surface area (Å²) >= 11 is 1.63. The lowest BCUT2D eigenvalue weighted by molar-refractivity contribution is 0.465. The van der Waals surface area contributed by atoms with Gasteiger partial charge < -0.3 is 9.73 Å². The molecule has 1 aromatic heterocycles. The van der Waals surface area contributed by atoms with E-state index in [0.29, 0.717) is 18.1 Å². The van der Waals surface area contributed by atoms with Crippen LogP contribution in [0.15, 0.2) is 15.4 Å². The SMILES string of the molecule is CCC(CSC)NS(=O)(=O)c1cc(CNC)oc1C. The van der Waals surface area contributed by atoms with E-state index in [4.69, 9.17) is 4.42 Å². The molecule has 1 atom stereocenters. The first-order valence-electron chi connectivity index (χ1n) is 6.19. The van der Waals surface area contributed by atoms with Crippen LogP contribution in [0.25, 0.3) is 0 Å². The molecule has 0 bridgehead atoms. The lowest BCUT2D eigenvalue weighted by atomic mass is 10.3. The number of hydrogen-bond acceptors (Lipinski definition) is 5. The summed E-state index contributed by atoms with van der Waals surface area (Å²) in [5.41, 5.74) is 0. The molecule has 1 rings (SSSR count). The molecular weight excluding hydrogens is 284 g/mol. The van der Waals surface area contributed by atoms with Gasteiger partial charge in [-0.2, -0.15) is 11.8 Å². The Hall–Kier alpha value is -0.500. The molecule has 0 aliphatic heterocycles. The van der Waals surface area contributed by atoms with Crippen LogP contribution >= 0.6 is 11.8 Å². The number of furan rings is 1. The topological polar surface area (TPSA) is 71.3 Å². The van der Waals surface area contributed by atoms with Crippen molar-refractivity contribution < 1.29 is 12.8 Å². The standard InChI is InChI=1S/C12H22N2O3S2/c1-5-10(8-18-4)14-19(15,16)12-6-11(7-13-3)17-9(12)2/h6,10,13-14H,5,7-8H2,1-4H3. The molecule has 0 fully saturated rings. The van der Waals surface area contributed by atoms with E-state index in [2.05, 4.69) is 10.0 Å². The highest BCUT2D eigenvalue weighted by Crippen LogP contribution is 2.20. The first-order chi connectivity index (χ1) is 8.94. The summed E-state index contributed by atoms with van der Waals surface area (Å²) in [4.78, 5) is 0.234. The number of aryl methyl sites for hydroxylation is 1. The van der Waals surface area contributed by atoms with E-state index in [-0.39, 0.29) is 10.9 Å². The minimum atomic E-state index is -3.51. The fraction of sp³-hybridized carbons (Fsp3) is 0.667. The third-order valence-corrected chi connectivity index (χ3v) is 5.11. The van der Waals surface area contributed by atoms with Crippen molar-refractivity contribution in [3.05, 3.63) is 17.6 Å². The van der Waals surface area contributed by atoms with Crippen molar-refractivity contribution >= 4 is 21.8 Å². The molecule has 1 heterocycles. The van der Waals surface area contributed by atoms with Crippen LogP contribution in [0, 0.1) is 6.92 Å². The molecule has 5 nitrogen and oxygen atoms in total. The van der Waals surface area contributed by atoms with Crippen molar-refractivity contribution in [1.82, 2.24) is 10.0 Å². The second-order valence-electron chi connectivity index (χ2n) is 4.35. The summed E-state index contributed by atoms with van der Waals surface area (Å²) in [6.07, 6.45) is 2.73. The smallest absolute Gasteiger partial charge is 0.244 e. The lowest BCUT2D eigenvalue weighted by Gasteiger charge is -2.15. The third-order valence-electron chi connectivity index (χ3n) is 2.75. The number of rotatable bonds is 8. The zero-order chi connectivity index (χ0) is 14.5. The van der Waals surface area contributed by atoms with Crippen molar-refractivity contribution in [2.75, 3.05) is 19.1 Å². The minimum Gasteiger partial charge on any atom is -0.464 e. The second-order valence-corrected chi connectivity index (χ2v) is 6.94. The summed E-state index contributed by atoms with van der Waals surface area (Å²) in [5.74, 6) is 1.81. The van der Waals surface area contributed by atoms with Gasteiger partial charge in [0.25, 0.3) is 0 Å². The molecular formula is C12H22N2O3S2. The van der Waals surface area contributed by atoms with Gasteiger partial charge in [0.2, 0.25) is 10.0 Å². The number of nitrogens with one attached hydrogen (secondary N) is 2. The highest BCUT2D eigenvalue weighted by Gasteiger charge is 2.23. The molecule has 19 heavy (non-hydrogen) atoms. The van der Waals surface area contributed by atoms with Crippen LogP contribution in [0.2, 0.25) is 0 Å². The van der Waals surface area contributed by atoms with Crippen molar-refractivity contribution in [1.29, 1.82) is 0 Å². The predicted molar refractivity (Wildman–Crippen MR) is 79.0 cm³/mol. The van der Waals surface area contributed by atoms with E-state index in [0.717, 1.165) is 12.2 Å². The average molecular weight is 306 g/mol. The van der Waals surface area contributed by atoms with Crippen molar-refractivity contribution in [2.24, 2.45) is 0 Å². The van der Waals surface area contributed by atoms with Crippen LogP contribution < -0.4 is 10.0 Å². The molecule has 1 unspecified atom stereocenters. The van der Waals surface area contributed by atoms with Gasteiger partial charge in [0, 0.05) is 17.9 Å². The van der Waals surface area contributed by atoms with Crippen LogP contribution in [-0.2, 0) is 16.6 Å². The molecule has 0 saturated carbocycles. The molecule has 0 aliphatic rings. The molecule has 7 heteroatoms. The highest BCUT2D eigenvalue weighted by molar-refractivity contribution is 7.98. The average Bonchev–Trinajstić information content (AvgIpc) is 2.71. The molecule has 110 valence electrons. The lowest BCUT2D eigenvalue weighted by Crippen LogP contribution is -2.36. The number of hydrogen-bond donors (Lipinski definition) is 2. The molecule has 0 radical (unpaired) electrons. The van der Waals surface area contributed by atoms with E-state index >= 15 is 0 Å². The molecule has 0 saturated heterocycles. The number of thioether (sulfide) groups is 1. The van der Waals surface area contributed by atoms with Gasteiger partial charge in [-0.25, -0.2) is 13.1 Å². The Labute approximate surface area is 119 Å². The highest BCUT2D eigenvalue weighted by atomic mass is 32.2. The van der Waals surface area contributed by atoms with Gasteiger partial charge in [-0.3, -0.25) is 0 Å². The van der Waals surface area contributed by atoms with Crippen LogP contribution in [0.5, 0.6) is 0 Å². The fourth-order valence-corrected chi connectivity index (χ4v) is 4.12. The van der Waals surface area contributed by atoms with Crippen LogP contribution in [-0.4, -0.2) is 33.5 Å². The molecule has 0 aliphatic carbocycles. The van der Waals surface area contributed by atoms with Gasteiger partial charge in [-0.05, 0) is 26.6 Å². The Kier molecular flexibility index (Phi) is 6.38. The Balaban J connectivity index is 2.93. The summed E-state index contributed by atoms with van der Waals surface area (Å²) in [7, 11) is -1.72. The van der Waals surface area contributed by atoms with Crippen LogP contribution in [0.4, 0.5) is 0 Å². The molecule has 1 aromatic rings. The van der Waals surface area contributed by atoms with Gasteiger partial charge in [0.15, 0.2) is 0 Å². The maximum atomic E-state index is 12.3. The summed E-state index contributed by atoms with van der Waals surface area (Å²) in [6.45, 7) is 4.15. The van der Waals surface area contributed by atoms with E-state index in [1.807, 2.05) is 13.2 Å². The van der Waals surface area contributed by atoms with Gasteiger partial charge in [0.05, 0.1) is 6.54 Å². The van der Waals surface area contributed by atoms with E-state index < -0.39 is 10.0 Å². The fourth-order valence-electron chi connectivity index (χ4n) is 1.77. The van der Waals surface area contributed by atoms with Gasteiger partial charge in [-0.15, -0.1) is 0 Å². The molecule has 0 spiro atoms.